The van der Waals surface area contributed by atoms with E-state index in [2.05, 4.69) is 4.98 Å². The predicted octanol–water partition coefficient (Wildman–Crippen LogP) is 1.54. The molecule has 0 radical (unpaired) electrons. The molecule has 1 aromatic carbocycles. The summed E-state index contributed by atoms with van der Waals surface area (Å²) in [5, 5.41) is 0.673. The van der Waals surface area contributed by atoms with Crippen molar-refractivity contribution in [3.63, 3.8) is 0 Å². The van der Waals surface area contributed by atoms with Crippen LogP contribution in [0.1, 0.15) is 12.0 Å². The fraction of sp³-hybridized carbons (Fsp3) is 0.412. The fourth-order valence-electron chi connectivity index (χ4n) is 2.93. The molecule has 3 rings (SSSR count). The Labute approximate surface area is 158 Å². The van der Waals surface area contributed by atoms with Crippen molar-refractivity contribution in [3.8, 4) is 0 Å². The first-order valence-corrected chi connectivity index (χ1v) is 10.2. The smallest absolute Gasteiger partial charge is 0.262 e. The number of imidazole rings is 1. The van der Waals surface area contributed by atoms with Crippen molar-refractivity contribution in [1.29, 1.82) is 0 Å². The largest absolute Gasteiger partial charge is 0.341 e. The number of sulfonamides is 1. The zero-order chi connectivity index (χ0) is 18.7. The van der Waals surface area contributed by atoms with Gasteiger partial charge in [0.2, 0.25) is 5.91 Å². The van der Waals surface area contributed by atoms with Crippen LogP contribution in [0.5, 0.6) is 0 Å². The zero-order valence-electron chi connectivity index (χ0n) is 14.5. The SMILES string of the molecule is Cn1cnc(S(=O)(=O)N2CCCN(C(=O)Cc3ccc(Cl)cc3)CC2)c1. The monoisotopic (exact) mass is 396 g/mol. The van der Waals surface area contributed by atoms with Crippen molar-refractivity contribution < 1.29 is 13.2 Å². The van der Waals surface area contributed by atoms with Gasteiger partial charge < -0.3 is 9.47 Å². The highest BCUT2D eigenvalue weighted by molar-refractivity contribution is 7.89. The third-order valence-corrected chi connectivity index (χ3v) is 6.40. The molecule has 1 aromatic heterocycles. The van der Waals surface area contributed by atoms with Crippen LogP contribution in [0, 0.1) is 0 Å². The molecule has 0 bridgehead atoms. The van der Waals surface area contributed by atoms with Crippen LogP contribution < -0.4 is 0 Å². The minimum absolute atomic E-state index is 0.00981. The molecule has 140 valence electrons. The van der Waals surface area contributed by atoms with Crippen molar-refractivity contribution in [2.45, 2.75) is 17.9 Å². The third kappa shape index (κ3) is 4.25. The molecule has 1 fully saturated rings. The van der Waals surface area contributed by atoms with Crippen LogP contribution in [0.15, 0.2) is 41.8 Å². The number of nitrogens with zero attached hydrogens (tertiary/aromatic N) is 4. The van der Waals surface area contributed by atoms with Gasteiger partial charge in [-0.1, -0.05) is 23.7 Å². The highest BCUT2D eigenvalue weighted by atomic mass is 35.5. The molecule has 0 saturated carbocycles. The van der Waals surface area contributed by atoms with E-state index in [1.165, 1.54) is 16.8 Å². The maximum atomic E-state index is 12.7. The van der Waals surface area contributed by atoms with Crippen molar-refractivity contribution >= 4 is 27.5 Å². The number of aromatic nitrogens is 2. The molecule has 2 aromatic rings. The molecule has 1 amide bonds. The molecule has 1 saturated heterocycles. The third-order valence-electron chi connectivity index (χ3n) is 4.36. The molecular weight excluding hydrogens is 376 g/mol. The molecule has 0 unspecified atom stereocenters. The first kappa shape index (κ1) is 18.9. The van der Waals surface area contributed by atoms with Crippen LogP contribution in [0.25, 0.3) is 0 Å². The van der Waals surface area contributed by atoms with E-state index in [4.69, 9.17) is 11.6 Å². The van der Waals surface area contributed by atoms with Crippen LogP contribution in [-0.2, 0) is 28.3 Å². The summed E-state index contributed by atoms with van der Waals surface area (Å²) in [5.74, 6) is -0.00981. The molecule has 7 nitrogen and oxygen atoms in total. The van der Waals surface area contributed by atoms with Crippen LogP contribution in [0.3, 0.4) is 0 Å². The Morgan fingerprint density at radius 3 is 2.54 bits per heavy atom. The Morgan fingerprint density at radius 2 is 1.88 bits per heavy atom. The number of carbonyl (C=O) groups is 1. The van der Waals surface area contributed by atoms with Crippen molar-refractivity contribution in [2.75, 3.05) is 26.2 Å². The van der Waals surface area contributed by atoms with Crippen molar-refractivity contribution in [1.82, 2.24) is 18.8 Å². The molecule has 26 heavy (non-hydrogen) atoms. The summed E-state index contributed by atoms with van der Waals surface area (Å²) < 4.78 is 28.4. The number of hydrogen-bond acceptors (Lipinski definition) is 4. The minimum Gasteiger partial charge on any atom is -0.341 e. The number of aryl methyl sites for hydroxylation is 1. The van der Waals surface area contributed by atoms with E-state index in [0.717, 1.165) is 5.56 Å². The van der Waals surface area contributed by atoms with Gasteiger partial charge in [0, 0.05) is 44.4 Å². The Bertz CT molecular complexity index is 880. The lowest BCUT2D eigenvalue weighted by Crippen LogP contribution is -2.38. The van der Waals surface area contributed by atoms with E-state index in [1.807, 2.05) is 12.1 Å². The lowest BCUT2D eigenvalue weighted by molar-refractivity contribution is -0.130. The lowest BCUT2D eigenvalue weighted by Gasteiger charge is -2.21. The number of carbonyl (C=O) groups excluding carboxylic acids is 1. The zero-order valence-corrected chi connectivity index (χ0v) is 16.1. The minimum atomic E-state index is -3.63. The average Bonchev–Trinajstić information content (AvgIpc) is 2.90. The maximum Gasteiger partial charge on any atom is 0.262 e. The van der Waals surface area contributed by atoms with Crippen LogP contribution in [-0.4, -0.2) is 59.3 Å². The standard InChI is InChI=1S/C17H21ClN4O3S/c1-20-12-16(19-13-20)26(24,25)22-8-2-7-21(9-10-22)17(23)11-14-3-5-15(18)6-4-14/h3-6,12-13H,2,7-11H2,1H3. The summed E-state index contributed by atoms with van der Waals surface area (Å²) in [7, 11) is -1.90. The number of hydrogen-bond donors (Lipinski definition) is 0. The maximum absolute atomic E-state index is 12.7. The van der Waals surface area contributed by atoms with Crippen molar-refractivity contribution in [3.05, 3.63) is 47.4 Å². The molecule has 1 aliphatic rings. The second-order valence-corrected chi connectivity index (χ2v) is 8.64. The molecule has 1 aliphatic heterocycles. The second kappa shape index (κ2) is 7.77. The first-order chi connectivity index (χ1) is 12.4. The van der Waals surface area contributed by atoms with Crippen molar-refractivity contribution in [2.24, 2.45) is 7.05 Å². The van der Waals surface area contributed by atoms with E-state index in [-0.39, 0.29) is 23.9 Å². The summed E-state index contributed by atoms with van der Waals surface area (Å²) in [6, 6.07) is 7.17. The van der Waals surface area contributed by atoms with Gasteiger partial charge in [0.25, 0.3) is 10.0 Å². The second-order valence-electron chi connectivity index (χ2n) is 6.32. The van der Waals surface area contributed by atoms with E-state index in [0.29, 0.717) is 31.1 Å². The predicted molar refractivity (Wildman–Crippen MR) is 98.3 cm³/mol. The van der Waals surface area contributed by atoms with E-state index in [9.17, 15) is 13.2 Å². The number of benzene rings is 1. The summed E-state index contributed by atoms with van der Waals surface area (Å²) in [4.78, 5) is 18.2. The normalized spacial score (nSPS) is 16.5. The van der Waals surface area contributed by atoms with Gasteiger partial charge in [-0.3, -0.25) is 4.79 Å². The highest BCUT2D eigenvalue weighted by Gasteiger charge is 2.29. The quantitative estimate of drug-likeness (QED) is 0.785. The highest BCUT2D eigenvalue weighted by Crippen LogP contribution is 2.17. The summed E-state index contributed by atoms with van der Waals surface area (Å²) in [6.45, 7) is 1.56. The molecule has 0 aliphatic carbocycles. The molecule has 0 spiro atoms. The Balaban J connectivity index is 1.64. The first-order valence-electron chi connectivity index (χ1n) is 8.36. The molecule has 0 atom stereocenters. The number of rotatable bonds is 4. The van der Waals surface area contributed by atoms with Gasteiger partial charge in [-0.2, -0.15) is 4.31 Å². The molecule has 9 heteroatoms. The van der Waals surface area contributed by atoms with Gasteiger partial charge in [0.1, 0.15) is 0 Å². The van der Waals surface area contributed by atoms with Crippen LogP contribution in [0.2, 0.25) is 5.02 Å². The van der Waals surface area contributed by atoms with Gasteiger partial charge in [-0.15, -0.1) is 0 Å². The van der Waals surface area contributed by atoms with Gasteiger partial charge in [-0.05, 0) is 24.1 Å². The lowest BCUT2D eigenvalue weighted by atomic mass is 10.1. The van der Waals surface area contributed by atoms with E-state index >= 15 is 0 Å². The molecular formula is C17H21ClN4O3S. The summed E-state index contributed by atoms with van der Waals surface area (Å²) >= 11 is 5.86. The van der Waals surface area contributed by atoms with Crippen LogP contribution >= 0.6 is 11.6 Å². The number of amides is 1. The van der Waals surface area contributed by atoms with Gasteiger partial charge in [-0.25, -0.2) is 13.4 Å². The average molecular weight is 397 g/mol. The van der Waals surface area contributed by atoms with Gasteiger partial charge >= 0.3 is 0 Å². The fourth-order valence-corrected chi connectivity index (χ4v) is 4.49. The summed E-state index contributed by atoms with van der Waals surface area (Å²) in [6.07, 6.45) is 3.83. The Kier molecular flexibility index (Phi) is 5.64. The number of halogens is 1. The Hall–Kier alpha value is -1.90. The van der Waals surface area contributed by atoms with Gasteiger partial charge in [0.15, 0.2) is 5.03 Å². The Morgan fingerprint density at radius 1 is 1.15 bits per heavy atom. The van der Waals surface area contributed by atoms with E-state index in [1.54, 1.807) is 28.6 Å². The van der Waals surface area contributed by atoms with E-state index < -0.39 is 10.0 Å². The van der Waals surface area contributed by atoms with Gasteiger partial charge in [0.05, 0.1) is 12.7 Å². The topological polar surface area (TPSA) is 75.5 Å². The molecule has 0 N–H and O–H groups in total. The molecule has 2 heterocycles. The summed E-state index contributed by atoms with van der Waals surface area (Å²) in [5.41, 5.74) is 0.890. The van der Waals surface area contributed by atoms with Crippen LogP contribution in [0.4, 0.5) is 0 Å².